The monoisotopic (exact) mass is 415 g/mol. The number of thiophene rings is 1. The molecule has 144 valence electrons. The highest BCUT2D eigenvalue weighted by Crippen LogP contribution is 2.39. The minimum Gasteiger partial charge on any atom is -0.320 e. The zero-order chi connectivity index (χ0) is 19.5. The molecule has 0 saturated heterocycles. The van der Waals surface area contributed by atoms with Crippen LogP contribution in [0.2, 0.25) is 0 Å². The van der Waals surface area contributed by atoms with E-state index in [2.05, 4.69) is 26.1 Å². The summed E-state index contributed by atoms with van der Waals surface area (Å²) in [6.45, 7) is 0. The van der Waals surface area contributed by atoms with Crippen LogP contribution in [0.1, 0.15) is 29.6 Å². The number of nitrogens with zero attached hydrogens (tertiary/aromatic N) is 4. The molecule has 0 radical (unpaired) electrons. The third kappa shape index (κ3) is 4.23. The van der Waals surface area contributed by atoms with Gasteiger partial charge in [-0.05, 0) is 30.4 Å². The smallest absolute Gasteiger partial charge is 0.292 e. The van der Waals surface area contributed by atoms with E-state index in [-0.39, 0.29) is 23.0 Å². The molecule has 0 unspecified atom stereocenters. The van der Waals surface area contributed by atoms with Gasteiger partial charge >= 0.3 is 0 Å². The lowest BCUT2D eigenvalue weighted by Gasteiger charge is -2.09. The van der Waals surface area contributed by atoms with Crippen LogP contribution in [0.4, 0.5) is 11.4 Å². The van der Waals surface area contributed by atoms with Gasteiger partial charge in [0, 0.05) is 23.4 Å². The summed E-state index contributed by atoms with van der Waals surface area (Å²) in [5, 5.41) is 25.0. The Morgan fingerprint density at radius 1 is 1.29 bits per heavy atom. The normalized spacial score (nSPS) is 13.4. The highest BCUT2D eigenvalue weighted by atomic mass is 32.2. The number of aromatic nitrogens is 3. The Morgan fingerprint density at radius 2 is 2.11 bits per heavy atom. The van der Waals surface area contributed by atoms with Crippen molar-refractivity contribution >= 4 is 40.4 Å². The van der Waals surface area contributed by atoms with Gasteiger partial charge < -0.3 is 9.88 Å². The molecule has 1 aliphatic rings. The first kappa shape index (κ1) is 18.6. The van der Waals surface area contributed by atoms with Crippen molar-refractivity contribution in [2.75, 3.05) is 11.1 Å². The average Bonchev–Trinajstić information content (AvgIpc) is 3.23. The minimum absolute atomic E-state index is 0.107. The number of nitro benzene ring substituents is 1. The van der Waals surface area contributed by atoms with Gasteiger partial charge in [-0.25, -0.2) is 0 Å². The topological polar surface area (TPSA) is 103 Å². The second-order valence-electron chi connectivity index (χ2n) is 6.37. The maximum Gasteiger partial charge on any atom is 0.292 e. The maximum absolute atomic E-state index is 12.3. The molecule has 1 saturated carbocycles. The van der Waals surface area contributed by atoms with E-state index in [0.717, 1.165) is 25.1 Å². The van der Waals surface area contributed by atoms with Crippen LogP contribution in [0.25, 0.3) is 0 Å². The van der Waals surface area contributed by atoms with Gasteiger partial charge in [-0.2, -0.15) is 0 Å². The zero-order valence-corrected chi connectivity index (χ0v) is 16.4. The molecule has 1 N–H and O–H groups in total. The van der Waals surface area contributed by atoms with E-state index >= 15 is 0 Å². The van der Waals surface area contributed by atoms with Crippen molar-refractivity contribution in [3.63, 3.8) is 0 Å². The number of nitrogens with one attached hydrogen (secondary N) is 1. The van der Waals surface area contributed by atoms with E-state index < -0.39 is 4.92 Å². The quantitative estimate of drug-likeness (QED) is 0.340. The number of hydrogen-bond acceptors (Lipinski definition) is 7. The van der Waals surface area contributed by atoms with Crippen LogP contribution in [-0.2, 0) is 11.2 Å². The number of carbonyl (C=O) groups is 1. The van der Waals surface area contributed by atoms with Crippen LogP contribution in [0, 0.1) is 10.1 Å². The van der Waals surface area contributed by atoms with Crippen LogP contribution >= 0.6 is 23.1 Å². The maximum atomic E-state index is 12.3. The molecule has 1 aliphatic carbocycles. The van der Waals surface area contributed by atoms with Gasteiger partial charge in [-0.15, -0.1) is 21.5 Å². The van der Waals surface area contributed by atoms with Crippen molar-refractivity contribution in [1.29, 1.82) is 0 Å². The van der Waals surface area contributed by atoms with Crippen molar-refractivity contribution in [2.45, 2.75) is 30.5 Å². The summed E-state index contributed by atoms with van der Waals surface area (Å²) in [4.78, 5) is 24.1. The molecule has 2 heterocycles. The van der Waals surface area contributed by atoms with Crippen LogP contribution in [-0.4, -0.2) is 31.3 Å². The minimum atomic E-state index is -0.511. The van der Waals surface area contributed by atoms with Crippen molar-refractivity contribution in [3.8, 4) is 0 Å². The highest BCUT2D eigenvalue weighted by Gasteiger charge is 2.30. The summed E-state index contributed by atoms with van der Waals surface area (Å²) in [5.41, 5.74) is 0.0698. The summed E-state index contributed by atoms with van der Waals surface area (Å²) in [6, 6.07) is 10.6. The second kappa shape index (κ2) is 8.11. The van der Waals surface area contributed by atoms with E-state index in [0.29, 0.717) is 11.2 Å². The molecule has 0 bridgehead atoms. The number of thioether (sulfide) groups is 1. The Hall–Kier alpha value is -2.72. The molecule has 0 aliphatic heterocycles. The molecule has 0 atom stereocenters. The third-order valence-electron chi connectivity index (χ3n) is 4.27. The summed E-state index contributed by atoms with van der Waals surface area (Å²) < 4.78 is 2.13. The lowest BCUT2D eigenvalue weighted by atomic mass is 10.2. The first-order valence-corrected chi connectivity index (χ1v) is 10.6. The number of anilines is 1. The van der Waals surface area contributed by atoms with Crippen molar-refractivity contribution in [2.24, 2.45) is 0 Å². The average molecular weight is 416 g/mol. The number of hydrogen-bond donors (Lipinski definition) is 1. The van der Waals surface area contributed by atoms with Crippen molar-refractivity contribution in [1.82, 2.24) is 14.8 Å². The van der Waals surface area contributed by atoms with Crippen LogP contribution < -0.4 is 5.32 Å². The number of amides is 1. The third-order valence-corrected chi connectivity index (χ3v) is 6.09. The molecule has 28 heavy (non-hydrogen) atoms. The molecular formula is C18H17N5O3S2. The highest BCUT2D eigenvalue weighted by molar-refractivity contribution is 7.99. The molecule has 4 rings (SSSR count). The Kier molecular flexibility index (Phi) is 5.40. The Balaban J connectivity index is 1.43. The predicted octanol–water partition coefficient (Wildman–Crippen LogP) is 3.90. The molecule has 8 nitrogen and oxygen atoms in total. The fraction of sp³-hybridized carbons (Fsp3) is 0.278. The van der Waals surface area contributed by atoms with E-state index in [4.69, 9.17) is 0 Å². The summed E-state index contributed by atoms with van der Waals surface area (Å²) in [7, 11) is 0. The number of rotatable bonds is 8. The molecule has 1 amide bonds. The fourth-order valence-corrected chi connectivity index (χ4v) is 4.38. The molecule has 10 heteroatoms. The van der Waals surface area contributed by atoms with E-state index in [1.54, 1.807) is 23.5 Å². The summed E-state index contributed by atoms with van der Waals surface area (Å²) in [6.07, 6.45) is 2.90. The SMILES string of the molecule is O=C(CSc1nnc(Cc2cccs2)n1C1CC1)Nc1ccccc1[N+](=O)[O-]. The van der Waals surface area contributed by atoms with Gasteiger partial charge in [-0.3, -0.25) is 14.9 Å². The molecule has 1 fully saturated rings. The zero-order valence-electron chi connectivity index (χ0n) is 14.8. The lowest BCUT2D eigenvalue weighted by molar-refractivity contribution is -0.383. The van der Waals surface area contributed by atoms with Gasteiger partial charge in [0.2, 0.25) is 5.91 Å². The summed E-state index contributed by atoms with van der Waals surface area (Å²) >= 11 is 2.99. The molecular weight excluding hydrogens is 398 g/mol. The van der Waals surface area contributed by atoms with E-state index in [1.165, 1.54) is 28.8 Å². The standard InChI is InChI=1S/C18H17N5O3S2/c24-17(19-14-5-1-2-6-15(14)23(25)26)11-28-18-21-20-16(22(18)12-7-8-12)10-13-4-3-9-27-13/h1-6,9,12H,7-8,10-11H2,(H,19,24). The Bertz CT molecular complexity index is 999. The number of para-hydroxylation sites is 2. The Morgan fingerprint density at radius 3 is 2.82 bits per heavy atom. The van der Waals surface area contributed by atoms with Crippen molar-refractivity contribution < 1.29 is 9.72 Å². The number of carbonyl (C=O) groups excluding carboxylic acids is 1. The van der Waals surface area contributed by atoms with Gasteiger partial charge in [0.1, 0.15) is 11.5 Å². The summed E-state index contributed by atoms with van der Waals surface area (Å²) in [5.74, 6) is 0.701. The number of benzene rings is 1. The van der Waals surface area contributed by atoms with Gasteiger partial charge in [0.25, 0.3) is 5.69 Å². The van der Waals surface area contributed by atoms with E-state index in [1.807, 2.05) is 11.4 Å². The molecule has 3 aromatic rings. The fourth-order valence-electron chi connectivity index (χ4n) is 2.85. The first-order chi connectivity index (χ1) is 13.6. The van der Waals surface area contributed by atoms with E-state index in [9.17, 15) is 14.9 Å². The van der Waals surface area contributed by atoms with Crippen LogP contribution in [0.5, 0.6) is 0 Å². The van der Waals surface area contributed by atoms with Crippen molar-refractivity contribution in [3.05, 3.63) is 62.6 Å². The Labute approximate surface area is 169 Å². The van der Waals surface area contributed by atoms with Gasteiger partial charge in [0.05, 0.1) is 10.7 Å². The molecule has 0 spiro atoms. The van der Waals surface area contributed by atoms with Crippen LogP contribution in [0.15, 0.2) is 46.9 Å². The van der Waals surface area contributed by atoms with Crippen LogP contribution in [0.3, 0.4) is 0 Å². The lowest BCUT2D eigenvalue weighted by Crippen LogP contribution is -2.15. The molecule has 1 aromatic carbocycles. The number of nitro groups is 1. The predicted molar refractivity (Wildman–Crippen MR) is 108 cm³/mol. The first-order valence-electron chi connectivity index (χ1n) is 8.74. The van der Waals surface area contributed by atoms with Gasteiger partial charge in [-0.1, -0.05) is 30.0 Å². The molecule has 2 aromatic heterocycles. The largest absolute Gasteiger partial charge is 0.320 e. The van der Waals surface area contributed by atoms with Gasteiger partial charge in [0.15, 0.2) is 5.16 Å². The second-order valence-corrected chi connectivity index (χ2v) is 8.34.